The average molecular weight is 281 g/mol. The molecule has 2 aliphatic rings. The van der Waals surface area contributed by atoms with Crippen LogP contribution in [-0.4, -0.2) is 37.8 Å². The summed E-state index contributed by atoms with van der Waals surface area (Å²) in [6, 6.07) is 0.183. The standard InChI is InChI=1S/C14H23NO3Si/c1-14(2,3)19(5,6)15-10-8-7-9(13(17)18-4)11(10)12(15)16/h7,10-11H,8H2,1-6H3. The summed E-state index contributed by atoms with van der Waals surface area (Å²) in [5.74, 6) is -0.483. The Bertz CT molecular complexity index is 462. The lowest BCUT2D eigenvalue weighted by Gasteiger charge is -2.57. The molecule has 0 aromatic heterocycles. The van der Waals surface area contributed by atoms with E-state index in [1.54, 1.807) is 0 Å². The molecule has 1 fully saturated rings. The number of carbonyl (C=O) groups excluding carboxylic acids is 2. The number of fused-ring (bicyclic) bond motifs is 1. The van der Waals surface area contributed by atoms with Crippen molar-refractivity contribution in [3.63, 3.8) is 0 Å². The molecule has 0 N–H and O–H groups in total. The molecule has 106 valence electrons. The van der Waals surface area contributed by atoms with Gasteiger partial charge in [0.15, 0.2) is 8.24 Å². The fourth-order valence-corrected chi connectivity index (χ4v) is 5.38. The Kier molecular flexibility index (Phi) is 3.16. The van der Waals surface area contributed by atoms with Crippen LogP contribution in [0.25, 0.3) is 0 Å². The van der Waals surface area contributed by atoms with Crippen LogP contribution in [0, 0.1) is 5.92 Å². The van der Waals surface area contributed by atoms with E-state index in [0.717, 1.165) is 6.42 Å². The lowest BCUT2D eigenvalue weighted by molar-refractivity contribution is -0.148. The van der Waals surface area contributed by atoms with Gasteiger partial charge in [0.05, 0.1) is 13.0 Å². The highest BCUT2D eigenvalue weighted by atomic mass is 28.3. The second kappa shape index (κ2) is 4.20. The van der Waals surface area contributed by atoms with E-state index >= 15 is 0 Å². The minimum atomic E-state index is -1.85. The molecule has 2 rings (SSSR count). The minimum Gasteiger partial charge on any atom is -0.466 e. The zero-order chi connectivity index (χ0) is 14.6. The fraction of sp³-hybridized carbons (Fsp3) is 0.714. The van der Waals surface area contributed by atoms with Gasteiger partial charge in [-0.25, -0.2) is 4.79 Å². The van der Waals surface area contributed by atoms with E-state index in [1.807, 2.05) is 6.08 Å². The molecular weight excluding hydrogens is 258 g/mol. The number of amides is 1. The molecule has 1 heterocycles. The highest BCUT2D eigenvalue weighted by Crippen LogP contribution is 2.49. The van der Waals surface area contributed by atoms with Gasteiger partial charge in [-0.1, -0.05) is 39.9 Å². The highest BCUT2D eigenvalue weighted by molar-refractivity contribution is 6.80. The Labute approximate surface area is 115 Å². The maximum atomic E-state index is 12.5. The Morgan fingerprint density at radius 2 is 2.00 bits per heavy atom. The first-order valence-electron chi connectivity index (χ1n) is 6.74. The van der Waals surface area contributed by atoms with Gasteiger partial charge in [-0.15, -0.1) is 0 Å². The molecule has 19 heavy (non-hydrogen) atoms. The highest BCUT2D eigenvalue weighted by Gasteiger charge is 2.60. The minimum absolute atomic E-state index is 0.116. The number of ether oxygens (including phenoxy) is 1. The Hall–Kier alpha value is -1.10. The van der Waals surface area contributed by atoms with Crippen molar-refractivity contribution in [3.05, 3.63) is 11.6 Å². The van der Waals surface area contributed by atoms with E-state index in [1.165, 1.54) is 7.11 Å². The Morgan fingerprint density at radius 1 is 1.42 bits per heavy atom. The summed E-state index contributed by atoms with van der Waals surface area (Å²) in [4.78, 5) is 24.1. The van der Waals surface area contributed by atoms with Crippen molar-refractivity contribution in [1.29, 1.82) is 0 Å². The smallest absolute Gasteiger partial charge is 0.334 e. The normalized spacial score (nSPS) is 26.7. The Morgan fingerprint density at radius 3 is 2.47 bits per heavy atom. The van der Waals surface area contributed by atoms with Gasteiger partial charge < -0.3 is 9.30 Å². The molecule has 2 atom stereocenters. The molecule has 1 saturated heterocycles. The fourth-order valence-electron chi connectivity index (χ4n) is 2.88. The molecule has 1 aliphatic heterocycles. The summed E-state index contributed by atoms with van der Waals surface area (Å²) in [7, 11) is -0.480. The summed E-state index contributed by atoms with van der Waals surface area (Å²) >= 11 is 0. The maximum Gasteiger partial charge on any atom is 0.334 e. The number of esters is 1. The van der Waals surface area contributed by atoms with Gasteiger partial charge in [0.1, 0.15) is 0 Å². The zero-order valence-electron chi connectivity index (χ0n) is 12.6. The largest absolute Gasteiger partial charge is 0.466 e. The van der Waals surface area contributed by atoms with Crippen molar-refractivity contribution >= 4 is 20.1 Å². The number of rotatable bonds is 2. The lowest BCUT2D eigenvalue weighted by Crippen LogP contribution is -2.72. The van der Waals surface area contributed by atoms with Gasteiger partial charge in [0.2, 0.25) is 5.91 Å². The molecule has 0 saturated carbocycles. The van der Waals surface area contributed by atoms with Gasteiger partial charge in [-0.2, -0.15) is 0 Å². The van der Waals surface area contributed by atoms with Gasteiger partial charge >= 0.3 is 5.97 Å². The average Bonchev–Trinajstić information content (AvgIpc) is 2.65. The quantitative estimate of drug-likeness (QED) is 0.443. The van der Waals surface area contributed by atoms with E-state index in [4.69, 9.17) is 4.74 Å². The summed E-state index contributed by atoms with van der Waals surface area (Å²) in [5.41, 5.74) is 0.562. The molecule has 0 bridgehead atoms. The number of nitrogens with zero attached hydrogens (tertiary/aromatic N) is 1. The number of hydrogen-bond acceptors (Lipinski definition) is 3. The van der Waals surface area contributed by atoms with Crippen molar-refractivity contribution in [3.8, 4) is 0 Å². The van der Waals surface area contributed by atoms with Crippen LogP contribution in [0.3, 0.4) is 0 Å². The van der Waals surface area contributed by atoms with Crippen LogP contribution in [0.2, 0.25) is 18.1 Å². The molecule has 0 aromatic rings. The zero-order valence-corrected chi connectivity index (χ0v) is 13.6. The van der Waals surface area contributed by atoms with Gasteiger partial charge in [-0.3, -0.25) is 4.79 Å². The maximum absolute atomic E-state index is 12.5. The van der Waals surface area contributed by atoms with E-state index in [0.29, 0.717) is 5.57 Å². The van der Waals surface area contributed by atoms with Gasteiger partial charge in [0, 0.05) is 11.6 Å². The van der Waals surface area contributed by atoms with Crippen LogP contribution in [-0.2, 0) is 14.3 Å². The molecule has 1 aliphatic carbocycles. The predicted molar refractivity (Wildman–Crippen MR) is 76.0 cm³/mol. The molecule has 0 aromatic carbocycles. The number of methoxy groups -OCH3 is 1. The number of β-lactam (4-membered cyclic amide) rings is 1. The van der Waals surface area contributed by atoms with Gasteiger partial charge in [-0.05, 0) is 11.5 Å². The Balaban J connectivity index is 2.22. The summed E-state index contributed by atoms with van der Waals surface area (Å²) in [5, 5.41) is 0.127. The number of hydrogen-bond donors (Lipinski definition) is 0. The van der Waals surface area contributed by atoms with E-state index < -0.39 is 8.24 Å². The second-order valence-electron chi connectivity index (χ2n) is 6.95. The van der Waals surface area contributed by atoms with Crippen molar-refractivity contribution < 1.29 is 14.3 Å². The molecular formula is C14H23NO3Si. The third kappa shape index (κ3) is 1.86. The van der Waals surface area contributed by atoms with Crippen LogP contribution >= 0.6 is 0 Å². The molecule has 0 radical (unpaired) electrons. The van der Waals surface area contributed by atoms with Crippen LogP contribution in [0.1, 0.15) is 27.2 Å². The van der Waals surface area contributed by atoms with Crippen LogP contribution in [0.15, 0.2) is 11.6 Å². The lowest BCUT2D eigenvalue weighted by atomic mass is 9.89. The first-order valence-corrected chi connectivity index (χ1v) is 9.69. The van der Waals surface area contributed by atoms with Gasteiger partial charge in [0.25, 0.3) is 0 Å². The van der Waals surface area contributed by atoms with Crippen LogP contribution in [0.5, 0.6) is 0 Å². The SMILES string of the molecule is COC(=O)C1=CCC2C1C(=O)N2[Si](C)(C)C(C)(C)C. The van der Waals surface area contributed by atoms with Crippen LogP contribution < -0.4 is 0 Å². The second-order valence-corrected chi connectivity index (χ2v) is 12.0. The van der Waals surface area contributed by atoms with Crippen molar-refractivity contribution in [1.82, 2.24) is 4.57 Å². The third-order valence-corrected chi connectivity index (χ3v) is 10.4. The summed E-state index contributed by atoms with van der Waals surface area (Å²) in [6.45, 7) is 11.1. The van der Waals surface area contributed by atoms with Crippen LogP contribution in [0.4, 0.5) is 0 Å². The summed E-state index contributed by atoms with van der Waals surface area (Å²) in [6.07, 6.45) is 2.67. The topological polar surface area (TPSA) is 46.6 Å². The van der Waals surface area contributed by atoms with E-state index in [9.17, 15) is 9.59 Å². The summed E-state index contributed by atoms with van der Waals surface area (Å²) < 4.78 is 6.84. The van der Waals surface area contributed by atoms with Crippen molar-refractivity contribution in [2.24, 2.45) is 5.92 Å². The molecule has 4 nitrogen and oxygen atoms in total. The molecule has 5 heteroatoms. The first kappa shape index (κ1) is 14.3. The number of carbonyl (C=O) groups is 2. The predicted octanol–water partition coefficient (Wildman–Crippen LogP) is 2.32. The third-order valence-electron chi connectivity index (χ3n) is 4.99. The molecule has 0 spiro atoms. The monoisotopic (exact) mass is 281 g/mol. The first-order chi connectivity index (χ1) is 8.63. The molecule has 2 unspecified atom stereocenters. The van der Waals surface area contributed by atoms with E-state index in [2.05, 4.69) is 38.4 Å². The molecule has 1 amide bonds. The van der Waals surface area contributed by atoms with Crippen molar-refractivity contribution in [2.75, 3.05) is 7.11 Å². The van der Waals surface area contributed by atoms with Crippen molar-refractivity contribution in [2.45, 2.75) is 51.4 Å². The van der Waals surface area contributed by atoms with E-state index in [-0.39, 0.29) is 28.9 Å².